The summed E-state index contributed by atoms with van der Waals surface area (Å²) in [5.74, 6) is -0.170. The van der Waals surface area contributed by atoms with Crippen molar-refractivity contribution in [2.45, 2.75) is 31.9 Å². The Balaban J connectivity index is 3.37. The zero-order valence-electron chi connectivity index (χ0n) is 11.4. The van der Waals surface area contributed by atoms with Gasteiger partial charge in [0.25, 0.3) is 0 Å². The topological polar surface area (TPSA) is 56.8 Å². The van der Waals surface area contributed by atoms with Crippen LogP contribution in [0.25, 0.3) is 0 Å². The van der Waals surface area contributed by atoms with Gasteiger partial charge < -0.3 is 18.9 Å². The molecule has 0 amide bonds. The predicted molar refractivity (Wildman–Crippen MR) is 69.2 cm³/mol. The highest BCUT2D eigenvalue weighted by molar-refractivity contribution is 6.65. The molecule has 5 nitrogen and oxygen atoms in total. The first-order valence-electron chi connectivity index (χ1n) is 5.96. The lowest BCUT2D eigenvalue weighted by Gasteiger charge is -2.22. The molecule has 0 heterocycles. The maximum absolute atomic E-state index is 10.8. The molecule has 0 unspecified atom stereocenters. The van der Waals surface area contributed by atoms with E-state index in [0.29, 0.717) is 13.0 Å². The average molecular weight is 263 g/mol. The Kier molecular flexibility index (Phi) is 9.34. The quantitative estimate of drug-likeness (QED) is 0.365. The molecule has 0 atom stereocenters. The van der Waals surface area contributed by atoms with Crippen LogP contribution in [0.1, 0.15) is 19.3 Å². The van der Waals surface area contributed by atoms with Gasteiger partial charge in [0.2, 0.25) is 0 Å². The van der Waals surface area contributed by atoms with E-state index < -0.39 is 8.56 Å². The summed E-state index contributed by atoms with van der Waals surface area (Å²) in [7, 11) is 2.94. The Bertz CT molecular complexity index is 210. The summed E-state index contributed by atoms with van der Waals surface area (Å²) in [6.07, 6.45) is 2.57. The highest BCUT2D eigenvalue weighted by Crippen LogP contribution is 2.14. The van der Waals surface area contributed by atoms with Gasteiger partial charge in [0.05, 0.1) is 13.5 Å². The fraction of sp³-hybridized carbons (Fsp3) is 0.909. The van der Waals surface area contributed by atoms with Gasteiger partial charge in [-0.05, 0) is 25.6 Å². The number of rotatable bonds is 10. The lowest BCUT2D eigenvalue weighted by molar-refractivity contribution is -0.140. The van der Waals surface area contributed by atoms with E-state index in [4.69, 9.17) is 8.85 Å². The van der Waals surface area contributed by atoms with Crippen molar-refractivity contribution in [3.63, 3.8) is 0 Å². The molecule has 0 aromatic rings. The van der Waals surface area contributed by atoms with Crippen LogP contribution >= 0.6 is 0 Å². The standard InChI is InChI=1S/C11H25NO4Si/c1-14-11(13)7-9-12-8-5-6-10-17(4,15-2)16-3/h12H,5-10H2,1-4H3. The second-order valence-electron chi connectivity index (χ2n) is 4.08. The lowest BCUT2D eigenvalue weighted by atomic mass is 10.3. The molecule has 0 aliphatic rings. The zero-order valence-corrected chi connectivity index (χ0v) is 12.4. The minimum atomic E-state index is -1.89. The van der Waals surface area contributed by atoms with Crippen molar-refractivity contribution in [3.05, 3.63) is 0 Å². The SMILES string of the molecule is COC(=O)CCNCCCC[Si](C)(OC)OC. The van der Waals surface area contributed by atoms with E-state index >= 15 is 0 Å². The van der Waals surface area contributed by atoms with Crippen LogP contribution in [-0.4, -0.2) is 48.9 Å². The van der Waals surface area contributed by atoms with Crippen molar-refractivity contribution in [2.24, 2.45) is 0 Å². The maximum atomic E-state index is 10.8. The van der Waals surface area contributed by atoms with Crippen LogP contribution < -0.4 is 5.32 Å². The smallest absolute Gasteiger partial charge is 0.334 e. The van der Waals surface area contributed by atoms with Gasteiger partial charge in [-0.2, -0.15) is 0 Å². The molecular formula is C11H25NO4Si. The summed E-state index contributed by atoms with van der Waals surface area (Å²) in [5.41, 5.74) is 0. The largest absolute Gasteiger partial charge is 0.469 e. The highest BCUT2D eigenvalue weighted by atomic mass is 28.4. The molecule has 17 heavy (non-hydrogen) atoms. The highest BCUT2D eigenvalue weighted by Gasteiger charge is 2.27. The first-order chi connectivity index (χ1) is 8.08. The minimum absolute atomic E-state index is 0.170. The summed E-state index contributed by atoms with van der Waals surface area (Å²) in [4.78, 5) is 10.8. The van der Waals surface area contributed by atoms with E-state index in [0.717, 1.165) is 25.4 Å². The van der Waals surface area contributed by atoms with Crippen LogP contribution in [0.15, 0.2) is 0 Å². The van der Waals surface area contributed by atoms with Crippen molar-refractivity contribution in [1.82, 2.24) is 5.32 Å². The number of unbranched alkanes of at least 4 members (excludes halogenated alkanes) is 1. The van der Waals surface area contributed by atoms with Crippen LogP contribution in [0.5, 0.6) is 0 Å². The fourth-order valence-corrected chi connectivity index (χ4v) is 2.87. The maximum Gasteiger partial charge on any atom is 0.334 e. The Morgan fingerprint density at radius 2 is 1.76 bits per heavy atom. The van der Waals surface area contributed by atoms with Crippen LogP contribution in [0, 0.1) is 0 Å². The molecule has 0 spiro atoms. The predicted octanol–water partition coefficient (Wildman–Crippen LogP) is 1.28. The Morgan fingerprint density at radius 3 is 2.29 bits per heavy atom. The van der Waals surface area contributed by atoms with Crippen LogP contribution in [0.2, 0.25) is 12.6 Å². The summed E-state index contributed by atoms with van der Waals surface area (Å²) in [5, 5.41) is 3.21. The molecule has 0 rings (SSSR count). The van der Waals surface area contributed by atoms with Crippen LogP contribution in [-0.2, 0) is 18.4 Å². The fourth-order valence-electron chi connectivity index (χ4n) is 1.40. The normalized spacial score (nSPS) is 11.5. The van der Waals surface area contributed by atoms with Gasteiger partial charge in [-0.1, -0.05) is 6.42 Å². The third-order valence-electron chi connectivity index (χ3n) is 2.83. The molecule has 0 radical (unpaired) electrons. The summed E-state index contributed by atoms with van der Waals surface area (Å²) >= 11 is 0. The first-order valence-corrected chi connectivity index (χ1v) is 8.48. The molecule has 0 aromatic carbocycles. The molecule has 0 aromatic heterocycles. The van der Waals surface area contributed by atoms with Crippen molar-refractivity contribution in [1.29, 1.82) is 0 Å². The summed E-state index contributed by atoms with van der Waals surface area (Å²) in [6.45, 7) is 3.66. The Morgan fingerprint density at radius 1 is 1.12 bits per heavy atom. The monoisotopic (exact) mass is 263 g/mol. The number of hydrogen-bond acceptors (Lipinski definition) is 5. The number of carbonyl (C=O) groups excluding carboxylic acids is 1. The number of nitrogens with one attached hydrogen (secondary N) is 1. The van der Waals surface area contributed by atoms with E-state index in [1.54, 1.807) is 14.2 Å². The second-order valence-corrected chi connectivity index (χ2v) is 7.66. The molecule has 0 aliphatic carbocycles. The van der Waals surface area contributed by atoms with E-state index in [-0.39, 0.29) is 5.97 Å². The van der Waals surface area contributed by atoms with E-state index in [1.165, 1.54) is 7.11 Å². The van der Waals surface area contributed by atoms with E-state index in [9.17, 15) is 4.79 Å². The molecule has 0 saturated heterocycles. The zero-order chi connectivity index (χ0) is 13.1. The van der Waals surface area contributed by atoms with Gasteiger partial charge in [-0.3, -0.25) is 4.79 Å². The van der Waals surface area contributed by atoms with Gasteiger partial charge in [0, 0.05) is 20.8 Å². The molecule has 1 N–H and O–H groups in total. The number of esters is 1. The summed E-state index contributed by atoms with van der Waals surface area (Å²) in [6, 6.07) is 0.999. The molecule has 6 heteroatoms. The minimum Gasteiger partial charge on any atom is -0.469 e. The van der Waals surface area contributed by atoms with Crippen LogP contribution in [0.4, 0.5) is 0 Å². The van der Waals surface area contributed by atoms with E-state index in [1.807, 2.05) is 0 Å². The molecule has 0 fully saturated rings. The Labute approximate surface area is 105 Å². The third-order valence-corrected chi connectivity index (χ3v) is 5.82. The van der Waals surface area contributed by atoms with Crippen molar-refractivity contribution in [3.8, 4) is 0 Å². The van der Waals surface area contributed by atoms with E-state index in [2.05, 4.69) is 16.6 Å². The van der Waals surface area contributed by atoms with Crippen LogP contribution in [0.3, 0.4) is 0 Å². The molecule has 0 saturated carbocycles. The van der Waals surface area contributed by atoms with Gasteiger partial charge in [-0.25, -0.2) is 0 Å². The number of ether oxygens (including phenoxy) is 1. The number of carbonyl (C=O) groups is 1. The van der Waals surface area contributed by atoms with Crippen molar-refractivity contribution in [2.75, 3.05) is 34.4 Å². The third kappa shape index (κ3) is 8.31. The van der Waals surface area contributed by atoms with Crippen molar-refractivity contribution >= 4 is 14.5 Å². The molecular weight excluding hydrogens is 238 g/mol. The summed E-state index contributed by atoms with van der Waals surface area (Å²) < 4.78 is 15.3. The molecule has 102 valence electrons. The Hall–Kier alpha value is -0.433. The molecule has 0 bridgehead atoms. The lowest BCUT2D eigenvalue weighted by Crippen LogP contribution is -2.36. The number of hydrogen-bond donors (Lipinski definition) is 1. The van der Waals surface area contributed by atoms with Crippen molar-refractivity contribution < 1.29 is 18.4 Å². The molecule has 0 aliphatic heterocycles. The average Bonchev–Trinajstić information content (AvgIpc) is 2.36. The van der Waals surface area contributed by atoms with Gasteiger partial charge >= 0.3 is 14.5 Å². The first kappa shape index (κ1) is 16.6. The number of methoxy groups -OCH3 is 1. The van der Waals surface area contributed by atoms with Gasteiger partial charge in [0.15, 0.2) is 0 Å². The van der Waals surface area contributed by atoms with Gasteiger partial charge in [-0.15, -0.1) is 0 Å². The van der Waals surface area contributed by atoms with Gasteiger partial charge in [0.1, 0.15) is 0 Å². The second kappa shape index (κ2) is 9.58.